The smallest absolute Gasteiger partial charge is 0.372 e. The SMILES string of the molecule is O=C(CCC(=O)C(=O)O)OCCOCCOC1CCNCC1. The van der Waals surface area contributed by atoms with E-state index in [1.54, 1.807) is 0 Å². The van der Waals surface area contributed by atoms with Gasteiger partial charge in [-0.2, -0.15) is 0 Å². The normalized spacial score (nSPS) is 15.5. The Morgan fingerprint density at radius 1 is 1.00 bits per heavy atom. The summed E-state index contributed by atoms with van der Waals surface area (Å²) in [4.78, 5) is 32.2. The van der Waals surface area contributed by atoms with Crippen LogP contribution in [0.15, 0.2) is 0 Å². The Kier molecular flexibility index (Phi) is 9.36. The molecule has 1 fully saturated rings. The van der Waals surface area contributed by atoms with Crippen LogP contribution < -0.4 is 5.32 Å². The average molecular weight is 317 g/mol. The highest BCUT2D eigenvalue weighted by Gasteiger charge is 2.14. The van der Waals surface area contributed by atoms with E-state index >= 15 is 0 Å². The van der Waals surface area contributed by atoms with Crippen molar-refractivity contribution in [2.24, 2.45) is 0 Å². The highest BCUT2D eigenvalue weighted by atomic mass is 16.6. The number of ether oxygens (including phenoxy) is 3. The van der Waals surface area contributed by atoms with Crippen LogP contribution in [0.1, 0.15) is 25.7 Å². The monoisotopic (exact) mass is 317 g/mol. The number of ketones is 1. The molecule has 0 aromatic heterocycles. The van der Waals surface area contributed by atoms with Crippen LogP contribution in [0.2, 0.25) is 0 Å². The summed E-state index contributed by atoms with van der Waals surface area (Å²) in [7, 11) is 0. The van der Waals surface area contributed by atoms with Gasteiger partial charge in [-0.25, -0.2) is 4.79 Å². The summed E-state index contributed by atoms with van der Waals surface area (Å²) >= 11 is 0. The molecule has 0 aromatic carbocycles. The second-order valence-electron chi connectivity index (χ2n) is 4.88. The van der Waals surface area contributed by atoms with Crippen LogP contribution in [0.3, 0.4) is 0 Å². The van der Waals surface area contributed by atoms with Crippen LogP contribution in [0.5, 0.6) is 0 Å². The van der Waals surface area contributed by atoms with Gasteiger partial charge in [0.05, 0.1) is 32.3 Å². The van der Waals surface area contributed by atoms with Crippen molar-refractivity contribution in [3.05, 3.63) is 0 Å². The second-order valence-corrected chi connectivity index (χ2v) is 4.88. The first-order chi connectivity index (χ1) is 10.6. The van der Waals surface area contributed by atoms with Gasteiger partial charge < -0.3 is 24.6 Å². The molecule has 2 N–H and O–H groups in total. The van der Waals surface area contributed by atoms with Crippen molar-refractivity contribution < 1.29 is 33.7 Å². The van der Waals surface area contributed by atoms with Gasteiger partial charge in [0.1, 0.15) is 6.61 Å². The van der Waals surface area contributed by atoms with Gasteiger partial charge in [0, 0.05) is 6.42 Å². The van der Waals surface area contributed by atoms with Crippen LogP contribution in [-0.2, 0) is 28.6 Å². The van der Waals surface area contributed by atoms with Gasteiger partial charge in [-0.05, 0) is 25.9 Å². The van der Waals surface area contributed by atoms with Crippen molar-refractivity contribution in [1.82, 2.24) is 5.32 Å². The van der Waals surface area contributed by atoms with Gasteiger partial charge in [-0.15, -0.1) is 0 Å². The Balaban J connectivity index is 1.89. The Hall–Kier alpha value is -1.51. The molecular formula is C14H23NO7. The van der Waals surface area contributed by atoms with Gasteiger partial charge in [0.25, 0.3) is 0 Å². The van der Waals surface area contributed by atoms with Gasteiger partial charge in [-0.3, -0.25) is 9.59 Å². The molecule has 0 aromatic rings. The van der Waals surface area contributed by atoms with E-state index in [0.29, 0.717) is 13.2 Å². The van der Waals surface area contributed by atoms with Gasteiger partial charge >= 0.3 is 11.9 Å². The number of hydrogen-bond acceptors (Lipinski definition) is 7. The zero-order chi connectivity index (χ0) is 16.2. The molecule has 1 rings (SSSR count). The molecule has 0 radical (unpaired) electrons. The first-order valence-corrected chi connectivity index (χ1v) is 7.41. The average Bonchev–Trinajstić information content (AvgIpc) is 2.52. The molecule has 1 saturated heterocycles. The highest BCUT2D eigenvalue weighted by Crippen LogP contribution is 2.06. The summed E-state index contributed by atoms with van der Waals surface area (Å²) in [6.07, 6.45) is 1.72. The molecule has 0 aliphatic carbocycles. The summed E-state index contributed by atoms with van der Waals surface area (Å²) in [6.45, 7) is 3.21. The standard InChI is InChI=1S/C14H23NO7/c16-12(14(18)19)1-2-13(17)22-10-8-20-7-9-21-11-3-5-15-6-4-11/h11,15H,1-10H2,(H,18,19). The maximum absolute atomic E-state index is 11.2. The number of piperidine rings is 1. The van der Waals surface area contributed by atoms with Crippen molar-refractivity contribution >= 4 is 17.7 Å². The fourth-order valence-corrected chi connectivity index (χ4v) is 1.95. The molecule has 8 nitrogen and oxygen atoms in total. The molecule has 0 bridgehead atoms. The third-order valence-electron chi connectivity index (χ3n) is 3.15. The fourth-order valence-electron chi connectivity index (χ4n) is 1.95. The van der Waals surface area contributed by atoms with Crippen LogP contribution in [0, 0.1) is 0 Å². The van der Waals surface area contributed by atoms with Crippen molar-refractivity contribution in [3.8, 4) is 0 Å². The van der Waals surface area contributed by atoms with E-state index in [1.807, 2.05) is 0 Å². The summed E-state index contributed by atoms with van der Waals surface area (Å²) in [5, 5.41) is 11.6. The first kappa shape index (κ1) is 18.5. The minimum Gasteiger partial charge on any atom is -0.476 e. The molecule has 1 aliphatic rings. The number of carboxylic acids is 1. The molecule has 8 heteroatoms. The molecule has 126 valence electrons. The summed E-state index contributed by atoms with van der Waals surface area (Å²) in [6, 6.07) is 0. The number of carbonyl (C=O) groups excluding carboxylic acids is 2. The third-order valence-corrected chi connectivity index (χ3v) is 3.15. The minimum absolute atomic E-state index is 0.0768. The number of aliphatic carboxylic acids is 1. The van der Waals surface area contributed by atoms with Gasteiger partial charge in [0.15, 0.2) is 0 Å². The lowest BCUT2D eigenvalue weighted by molar-refractivity contribution is -0.151. The largest absolute Gasteiger partial charge is 0.476 e. The van der Waals surface area contributed by atoms with E-state index < -0.39 is 17.7 Å². The summed E-state index contributed by atoms with van der Waals surface area (Å²) < 4.78 is 15.7. The molecule has 22 heavy (non-hydrogen) atoms. The van der Waals surface area contributed by atoms with E-state index in [2.05, 4.69) is 5.32 Å². The number of rotatable bonds is 11. The fraction of sp³-hybridized carbons (Fsp3) is 0.786. The van der Waals surface area contributed by atoms with Crippen LogP contribution in [0.4, 0.5) is 0 Å². The lowest BCUT2D eigenvalue weighted by Gasteiger charge is -2.22. The topological polar surface area (TPSA) is 111 Å². The summed E-state index contributed by atoms with van der Waals surface area (Å²) in [5.41, 5.74) is 0. The number of esters is 1. The quantitative estimate of drug-likeness (QED) is 0.305. The Morgan fingerprint density at radius 2 is 1.68 bits per heavy atom. The van der Waals surface area contributed by atoms with E-state index in [-0.39, 0.29) is 32.2 Å². The predicted molar refractivity (Wildman–Crippen MR) is 75.5 cm³/mol. The number of carboxylic acid groups (broad SMARTS) is 1. The number of carbonyl (C=O) groups is 3. The van der Waals surface area contributed by atoms with Gasteiger partial charge in [-0.1, -0.05) is 0 Å². The summed E-state index contributed by atoms with van der Waals surface area (Å²) in [5.74, 6) is -3.14. The molecule has 0 atom stereocenters. The van der Waals surface area contributed by atoms with E-state index in [4.69, 9.17) is 19.3 Å². The predicted octanol–water partition coefficient (Wildman–Crippen LogP) is -0.251. The molecule has 1 heterocycles. The van der Waals surface area contributed by atoms with E-state index in [0.717, 1.165) is 25.9 Å². The Bertz CT molecular complexity index is 366. The number of nitrogens with one attached hydrogen (secondary N) is 1. The molecule has 0 unspecified atom stereocenters. The maximum atomic E-state index is 11.2. The molecular weight excluding hydrogens is 294 g/mol. The number of hydrogen-bond donors (Lipinski definition) is 2. The van der Waals surface area contributed by atoms with Crippen LogP contribution in [-0.4, -0.2) is 68.4 Å². The second kappa shape index (κ2) is 11.1. The van der Waals surface area contributed by atoms with E-state index in [9.17, 15) is 14.4 Å². The van der Waals surface area contributed by atoms with Crippen LogP contribution in [0.25, 0.3) is 0 Å². The molecule has 1 aliphatic heterocycles. The third kappa shape index (κ3) is 8.71. The number of Topliss-reactive ketones (excluding diaryl/α,β-unsaturated/α-hetero) is 1. The van der Waals surface area contributed by atoms with Crippen molar-refractivity contribution in [3.63, 3.8) is 0 Å². The molecule has 0 spiro atoms. The van der Waals surface area contributed by atoms with Crippen molar-refractivity contribution in [2.45, 2.75) is 31.8 Å². The van der Waals surface area contributed by atoms with Crippen LogP contribution >= 0.6 is 0 Å². The Labute approximate surface area is 129 Å². The minimum atomic E-state index is -1.54. The Morgan fingerprint density at radius 3 is 2.36 bits per heavy atom. The van der Waals surface area contributed by atoms with Gasteiger partial charge in [0.2, 0.25) is 5.78 Å². The zero-order valence-electron chi connectivity index (χ0n) is 12.5. The van der Waals surface area contributed by atoms with E-state index in [1.165, 1.54) is 0 Å². The first-order valence-electron chi connectivity index (χ1n) is 7.41. The molecule has 0 amide bonds. The lowest BCUT2D eigenvalue weighted by atomic mass is 10.1. The van der Waals surface area contributed by atoms with Crippen molar-refractivity contribution in [1.29, 1.82) is 0 Å². The van der Waals surface area contributed by atoms with Crippen molar-refractivity contribution in [2.75, 3.05) is 39.5 Å². The molecule has 0 saturated carbocycles. The highest BCUT2D eigenvalue weighted by molar-refractivity contribution is 6.32. The lowest BCUT2D eigenvalue weighted by Crippen LogP contribution is -2.33. The zero-order valence-corrected chi connectivity index (χ0v) is 12.5. The maximum Gasteiger partial charge on any atom is 0.372 e.